The van der Waals surface area contributed by atoms with Crippen molar-refractivity contribution in [3.8, 4) is 5.75 Å². The van der Waals surface area contributed by atoms with Gasteiger partial charge in [-0.25, -0.2) is 13.9 Å². The summed E-state index contributed by atoms with van der Waals surface area (Å²) in [6.45, 7) is 4.87. The van der Waals surface area contributed by atoms with Crippen LogP contribution >= 0.6 is 12.4 Å². The Morgan fingerprint density at radius 1 is 1.06 bits per heavy atom. The Bertz CT molecular complexity index is 1030. The van der Waals surface area contributed by atoms with Crippen molar-refractivity contribution in [3.63, 3.8) is 0 Å². The first-order valence-corrected chi connectivity index (χ1v) is 13.0. The van der Waals surface area contributed by atoms with E-state index in [0.717, 1.165) is 5.56 Å². The lowest BCUT2D eigenvalue weighted by atomic mass is 9.81. The Labute approximate surface area is 212 Å². The van der Waals surface area contributed by atoms with Gasteiger partial charge in [-0.2, -0.15) is 0 Å². The van der Waals surface area contributed by atoms with E-state index in [1.165, 1.54) is 12.1 Å². The van der Waals surface area contributed by atoms with Crippen LogP contribution in [0.1, 0.15) is 45.1 Å². The zero-order valence-corrected chi connectivity index (χ0v) is 21.6. The van der Waals surface area contributed by atoms with Crippen LogP contribution in [0.15, 0.2) is 53.7 Å². The molecule has 194 valence electrons. The van der Waals surface area contributed by atoms with E-state index in [1.54, 1.807) is 42.1 Å². The van der Waals surface area contributed by atoms with Crippen LogP contribution in [0.3, 0.4) is 0 Å². The van der Waals surface area contributed by atoms with Gasteiger partial charge in [0.2, 0.25) is 14.7 Å². The molecule has 1 amide bonds. The lowest BCUT2D eigenvalue weighted by molar-refractivity contribution is -0.135. The molecular formula is C24H34ClN3O6S. The standard InChI is InChI=1S/C24H33N3O6S.ClH/c1-3-32-20-7-5-19(6-8-20)24(23(28)27-29,26-17-18-13-15-25-16-14-18)34(30,31)22-11-9-21(10-12-22)33-4-2;/h9-16,19-20,26,29H,3-8,17H2,1-2H3,(H,27,28);1H/t19?,20?,24-;/m1./s1. The van der Waals surface area contributed by atoms with E-state index in [0.29, 0.717) is 44.6 Å². The molecule has 11 heteroatoms. The van der Waals surface area contributed by atoms with Gasteiger partial charge in [-0.05, 0) is 81.5 Å². The van der Waals surface area contributed by atoms with E-state index >= 15 is 0 Å². The number of hydrogen-bond donors (Lipinski definition) is 3. The van der Waals surface area contributed by atoms with Gasteiger partial charge < -0.3 is 9.47 Å². The lowest BCUT2D eigenvalue weighted by Crippen LogP contribution is -2.66. The minimum Gasteiger partial charge on any atom is -0.494 e. The van der Waals surface area contributed by atoms with E-state index in [-0.39, 0.29) is 30.0 Å². The minimum absolute atomic E-state index is 0. The molecule has 1 fully saturated rings. The zero-order chi connectivity index (χ0) is 24.6. The highest BCUT2D eigenvalue weighted by Crippen LogP contribution is 2.41. The van der Waals surface area contributed by atoms with E-state index in [9.17, 15) is 18.4 Å². The number of sulfone groups is 1. The maximum absolute atomic E-state index is 14.1. The van der Waals surface area contributed by atoms with Gasteiger partial charge in [-0.15, -0.1) is 12.4 Å². The van der Waals surface area contributed by atoms with Crippen LogP contribution in [0.4, 0.5) is 0 Å². The number of rotatable bonds is 11. The maximum Gasteiger partial charge on any atom is 0.280 e. The van der Waals surface area contributed by atoms with Crippen LogP contribution in [0.5, 0.6) is 5.75 Å². The van der Waals surface area contributed by atoms with Crippen molar-refractivity contribution in [1.29, 1.82) is 0 Å². The number of nitrogens with zero attached hydrogens (tertiary/aromatic N) is 1. The summed E-state index contributed by atoms with van der Waals surface area (Å²) in [6, 6.07) is 9.47. The van der Waals surface area contributed by atoms with Crippen LogP contribution in [0.2, 0.25) is 0 Å². The number of halogens is 1. The molecule has 1 saturated carbocycles. The molecule has 1 aromatic heterocycles. The molecule has 0 aliphatic heterocycles. The van der Waals surface area contributed by atoms with Gasteiger partial charge in [0.1, 0.15) is 5.75 Å². The fourth-order valence-corrected chi connectivity index (χ4v) is 6.70. The third-order valence-electron chi connectivity index (χ3n) is 6.26. The normalized spacial score (nSPS) is 19.7. The summed E-state index contributed by atoms with van der Waals surface area (Å²) in [6.07, 6.45) is 5.33. The molecule has 3 N–H and O–H groups in total. The number of carbonyl (C=O) groups excluding carboxylic acids is 1. The Hall–Kier alpha value is -2.24. The molecule has 3 rings (SSSR count). The molecule has 1 aromatic carbocycles. The van der Waals surface area contributed by atoms with Crippen LogP contribution < -0.4 is 15.5 Å². The average Bonchev–Trinajstić information content (AvgIpc) is 2.86. The number of nitrogens with one attached hydrogen (secondary N) is 2. The molecule has 9 nitrogen and oxygen atoms in total. The summed E-state index contributed by atoms with van der Waals surface area (Å²) >= 11 is 0. The van der Waals surface area contributed by atoms with E-state index in [4.69, 9.17) is 9.47 Å². The quantitative estimate of drug-likeness (QED) is 0.300. The molecule has 0 bridgehead atoms. The van der Waals surface area contributed by atoms with Gasteiger partial charge in [0, 0.05) is 31.5 Å². The number of hydrogen-bond acceptors (Lipinski definition) is 8. The molecule has 1 heterocycles. The van der Waals surface area contributed by atoms with Crippen molar-refractivity contribution in [3.05, 3.63) is 54.4 Å². The van der Waals surface area contributed by atoms with Crippen LogP contribution in [-0.2, 0) is 25.9 Å². The topological polar surface area (TPSA) is 127 Å². The van der Waals surface area contributed by atoms with E-state index in [2.05, 4.69) is 10.3 Å². The van der Waals surface area contributed by atoms with Crippen molar-refractivity contribution in [2.24, 2.45) is 5.92 Å². The number of ether oxygens (including phenoxy) is 2. The fraction of sp³-hybridized carbons (Fsp3) is 0.500. The Balaban J connectivity index is 0.00000432. The Kier molecular flexibility index (Phi) is 10.9. The summed E-state index contributed by atoms with van der Waals surface area (Å²) in [7, 11) is -4.30. The number of pyridine rings is 1. The molecule has 1 atom stereocenters. The predicted octanol–water partition coefficient (Wildman–Crippen LogP) is 3.26. The summed E-state index contributed by atoms with van der Waals surface area (Å²) in [5, 5.41) is 12.7. The van der Waals surface area contributed by atoms with Crippen molar-refractivity contribution < 1.29 is 27.9 Å². The highest BCUT2D eigenvalue weighted by atomic mass is 35.5. The van der Waals surface area contributed by atoms with Crippen molar-refractivity contribution in [1.82, 2.24) is 15.8 Å². The molecule has 0 saturated heterocycles. The van der Waals surface area contributed by atoms with Gasteiger partial charge in [-0.3, -0.25) is 20.3 Å². The van der Waals surface area contributed by atoms with Crippen molar-refractivity contribution in [2.75, 3.05) is 13.2 Å². The van der Waals surface area contributed by atoms with Crippen molar-refractivity contribution >= 4 is 28.2 Å². The SMILES string of the molecule is CCOc1ccc(S(=O)(=O)[C@@](NCc2ccncc2)(C(=O)NO)C2CCC(OCC)CC2)cc1.Cl. The summed E-state index contributed by atoms with van der Waals surface area (Å²) < 4.78 is 39.4. The summed E-state index contributed by atoms with van der Waals surface area (Å²) in [5.41, 5.74) is 2.39. The van der Waals surface area contributed by atoms with Crippen molar-refractivity contribution in [2.45, 2.75) is 61.9 Å². The van der Waals surface area contributed by atoms with E-state index in [1.807, 2.05) is 13.8 Å². The first-order valence-electron chi connectivity index (χ1n) is 11.6. The molecule has 0 spiro atoms. The number of hydroxylamine groups is 1. The molecule has 0 radical (unpaired) electrons. The minimum atomic E-state index is -4.30. The largest absolute Gasteiger partial charge is 0.494 e. The monoisotopic (exact) mass is 527 g/mol. The molecular weight excluding hydrogens is 494 g/mol. The second-order valence-corrected chi connectivity index (χ2v) is 10.3. The first-order chi connectivity index (χ1) is 16.4. The number of benzene rings is 1. The van der Waals surface area contributed by atoms with Crippen LogP contribution in [0.25, 0.3) is 0 Å². The van der Waals surface area contributed by atoms with Gasteiger partial charge in [-0.1, -0.05) is 0 Å². The molecule has 1 aliphatic rings. The zero-order valence-electron chi connectivity index (χ0n) is 20.0. The molecule has 1 aliphatic carbocycles. The number of amides is 1. The van der Waals surface area contributed by atoms with Gasteiger partial charge >= 0.3 is 0 Å². The molecule has 0 unspecified atom stereocenters. The summed E-state index contributed by atoms with van der Waals surface area (Å²) in [4.78, 5) is 15.1. The maximum atomic E-state index is 14.1. The lowest BCUT2D eigenvalue weighted by Gasteiger charge is -2.42. The molecule has 35 heavy (non-hydrogen) atoms. The Morgan fingerprint density at radius 2 is 1.69 bits per heavy atom. The highest BCUT2D eigenvalue weighted by molar-refractivity contribution is 7.93. The Morgan fingerprint density at radius 3 is 2.23 bits per heavy atom. The summed E-state index contributed by atoms with van der Waals surface area (Å²) in [5.74, 6) is -1.06. The van der Waals surface area contributed by atoms with Gasteiger partial charge in [0.15, 0.2) is 0 Å². The van der Waals surface area contributed by atoms with Gasteiger partial charge in [0.05, 0.1) is 17.6 Å². The second-order valence-electron chi connectivity index (χ2n) is 8.22. The van der Waals surface area contributed by atoms with E-state index < -0.39 is 26.5 Å². The highest BCUT2D eigenvalue weighted by Gasteiger charge is 2.57. The molecule has 2 aromatic rings. The van der Waals surface area contributed by atoms with Crippen LogP contribution in [0, 0.1) is 5.92 Å². The predicted molar refractivity (Wildman–Crippen MR) is 133 cm³/mol. The third-order valence-corrected chi connectivity index (χ3v) is 8.67. The smallest absolute Gasteiger partial charge is 0.280 e. The number of carbonyl (C=O) groups is 1. The fourth-order valence-electron chi connectivity index (χ4n) is 4.60. The average molecular weight is 528 g/mol. The van der Waals surface area contributed by atoms with Gasteiger partial charge in [0.25, 0.3) is 5.91 Å². The second kappa shape index (κ2) is 13.2. The van der Waals surface area contributed by atoms with Crippen LogP contribution in [-0.4, -0.2) is 48.7 Å². The number of aromatic nitrogens is 1. The first kappa shape index (κ1) is 29.0. The third kappa shape index (κ3) is 6.31.